The van der Waals surface area contributed by atoms with Crippen LogP contribution in [0, 0.1) is 11.6 Å². The molecule has 0 amide bonds. The van der Waals surface area contributed by atoms with Gasteiger partial charge in [-0.05, 0) is 70.0 Å². The molecule has 1 fully saturated rings. The van der Waals surface area contributed by atoms with Gasteiger partial charge in [-0.1, -0.05) is 24.3 Å². The van der Waals surface area contributed by atoms with E-state index < -0.39 is 11.6 Å². The third-order valence-electron chi connectivity index (χ3n) is 5.17. The number of halogens is 2. The van der Waals surface area contributed by atoms with Crippen molar-refractivity contribution < 1.29 is 8.78 Å². The molecule has 0 N–H and O–H groups in total. The molecule has 1 atom stereocenters. The highest BCUT2D eigenvalue weighted by atomic mass is 19.2. The van der Waals surface area contributed by atoms with Gasteiger partial charge < -0.3 is 0 Å². The van der Waals surface area contributed by atoms with Crippen molar-refractivity contribution in [3.63, 3.8) is 0 Å². The fourth-order valence-electron chi connectivity index (χ4n) is 3.38. The molecule has 1 aromatic rings. The summed E-state index contributed by atoms with van der Waals surface area (Å²) in [5.41, 5.74) is 3.52. The van der Waals surface area contributed by atoms with Crippen LogP contribution in [-0.2, 0) is 6.42 Å². The van der Waals surface area contributed by atoms with Crippen molar-refractivity contribution >= 4 is 0 Å². The van der Waals surface area contributed by atoms with Gasteiger partial charge in [-0.25, -0.2) is 8.78 Å². The SMILES string of the molecule is C=C(C)/C(Cc1cccc(F)c1F)=C(\C)C1(C)CCCN1C. The second kappa shape index (κ2) is 6.33. The van der Waals surface area contributed by atoms with Gasteiger partial charge in [-0.2, -0.15) is 0 Å². The molecule has 22 heavy (non-hydrogen) atoms. The van der Waals surface area contributed by atoms with Gasteiger partial charge in [0.15, 0.2) is 11.6 Å². The third kappa shape index (κ3) is 3.00. The number of benzene rings is 1. The van der Waals surface area contributed by atoms with Crippen molar-refractivity contribution in [2.24, 2.45) is 0 Å². The molecule has 1 aromatic carbocycles. The quantitative estimate of drug-likeness (QED) is 0.716. The maximum atomic E-state index is 14.0. The number of likely N-dealkylation sites (N-methyl/N-ethyl adjacent to an activating group) is 1. The van der Waals surface area contributed by atoms with Crippen molar-refractivity contribution in [3.8, 4) is 0 Å². The van der Waals surface area contributed by atoms with E-state index in [-0.39, 0.29) is 5.54 Å². The second-order valence-corrected chi connectivity index (χ2v) is 6.57. The number of rotatable bonds is 4. The van der Waals surface area contributed by atoms with E-state index in [1.807, 2.05) is 6.92 Å². The summed E-state index contributed by atoms with van der Waals surface area (Å²) in [7, 11) is 2.12. The molecule has 1 nitrogen and oxygen atoms in total. The highest BCUT2D eigenvalue weighted by Gasteiger charge is 2.36. The maximum Gasteiger partial charge on any atom is 0.162 e. The van der Waals surface area contributed by atoms with Gasteiger partial charge in [0.05, 0.1) is 0 Å². The van der Waals surface area contributed by atoms with Crippen molar-refractivity contribution in [1.82, 2.24) is 4.90 Å². The Kier molecular flexibility index (Phi) is 4.86. The number of hydrogen-bond donors (Lipinski definition) is 0. The minimum atomic E-state index is -0.791. The van der Waals surface area contributed by atoms with Crippen LogP contribution in [0.25, 0.3) is 0 Å². The van der Waals surface area contributed by atoms with Gasteiger partial charge in [0.2, 0.25) is 0 Å². The summed E-state index contributed by atoms with van der Waals surface area (Å²) in [5.74, 6) is -1.54. The normalized spacial score (nSPS) is 23.5. The van der Waals surface area contributed by atoms with Gasteiger partial charge in [-0.15, -0.1) is 0 Å². The van der Waals surface area contributed by atoms with Crippen molar-refractivity contribution in [1.29, 1.82) is 0 Å². The van der Waals surface area contributed by atoms with Crippen LogP contribution in [0.4, 0.5) is 8.78 Å². The predicted octanol–water partition coefficient (Wildman–Crippen LogP) is 4.88. The summed E-state index contributed by atoms with van der Waals surface area (Å²) in [4.78, 5) is 2.34. The Hall–Kier alpha value is -1.48. The summed E-state index contributed by atoms with van der Waals surface area (Å²) >= 11 is 0. The summed E-state index contributed by atoms with van der Waals surface area (Å²) in [5, 5.41) is 0. The van der Waals surface area contributed by atoms with Crippen LogP contribution < -0.4 is 0 Å². The van der Waals surface area contributed by atoms with Crippen LogP contribution in [0.5, 0.6) is 0 Å². The van der Waals surface area contributed by atoms with Crippen LogP contribution in [0.15, 0.2) is 41.5 Å². The van der Waals surface area contributed by atoms with Gasteiger partial charge >= 0.3 is 0 Å². The fourth-order valence-corrected chi connectivity index (χ4v) is 3.38. The maximum absolute atomic E-state index is 14.0. The molecular weight excluding hydrogens is 280 g/mol. The number of nitrogens with zero attached hydrogens (tertiary/aromatic N) is 1. The molecule has 0 bridgehead atoms. The molecule has 0 aromatic heterocycles. The molecule has 0 radical (unpaired) electrons. The Balaban J connectivity index is 2.44. The van der Waals surface area contributed by atoms with Crippen LogP contribution in [0.1, 0.15) is 39.2 Å². The van der Waals surface area contributed by atoms with E-state index >= 15 is 0 Å². The Morgan fingerprint density at radius 2 is 2.00 bits per heavy atom. The summed E-state index contributed by atoms with van der Waals surface area (Å²) in [6.07, 6.45) is 2.62. The zero-order valence-corrected chi connectivity index (χ0v) is 14.0. The van der Waals surface area contributed by atoms with E-state index in [1.54, 1.807) is 12.1 Å². The predicted molar refractivity (Wildman–Crippen MR) is 87.8 cm³/mol. The summed E-state index contributed by atoms with van der Waals surface area (Å²) in [6, 6.07) is 4.36. The average Bonchev–Trinajstić information content (AvgIpc) is 2.80. The van der Waals surface area contributed by atoms with Crippen molar-refractivity contribution in [2.75, 3.05) is 13.6 Å². The van der Waals surface area contributed by atoms with Crippen LogP contribution in [-0.4, -0.2) is 24.0 Å². The van der Waals surface area contributed by atoms with E-state index in [0.29, 0.717) is 12.0 Å². The minimum absolute atomic E-state index is 0.0297. The number of allylic oxidation sites excluding steroid dienone is 2. The lowest BCUT2D eigenvalue weighted by Gasteiger charge is -2.35. The minimum Gasteiger partial charge on any atom is -0.297 e. The van der Waals surface area contributed by atoms with Crippen molar-refractivity contribution in [3.05, 3.63) is 58.7 Å². The topological polar surface area (TPSA) is 3.24 Å². The van der Waals surface area contributed by atoms with Gasteiger partial charge in [0.25, 0.3) is 0 Å². The van der Waals surface area contributed by atoms with E-state index in [4.69, 9.17) is 0 Å². The lowest BCUT2D eigenvalue weighted by atomic mass is 9.83. The standard InChI is InChI=1S/C19H25F2N/c1-13(2)16(12-15-8-6-9-17(20)18(15)21)14(3)19(4)10-7-11-22(19)5/h6,8-9H,1,7,10-12H2,2-5H3/b16-14+. The molecule has 0 saturated carbocycles. The first kappa shape index (κ1) is 16.9. The lowest BCUT2D eigenvalue weighted by Crippen LogP contribution is -2.40. The summed E-state index contributed by atoms with van der Waals surface area (Å²) < 4.78 is 27.4. The molecule has 0 aliphatic carbocycles. The van der Waals surface area contributed by atoms with Crippen LogP contribution in [0.2, 0.25) is 0 Å². The van der Waals surface area contributed by atoms with Crippen molar-refractivity contribution in [2.45, 2.75) is 45.6 Å². The Bertz CT molecular complexity index is 618. The molecule has 1 saturated heterocycles. The van der Waals surface area contributed by atoms with Crippen LogP contribution >= 0.6 is 0 Å². The van der Waals surface area contributed by atoms with Gasteiger partial charge in [0, 0.05) is 12.0 Å². The molecule has 120 valence electrons. The van der Waals surface area contributed by atoms with Gasteiger partial charge in [0.1, 0.15) is 0 Å². The zero-order valence-electron chi connectivity index (χ0n) is 14.0. The third-order valence-corrected chi connectivity index (χ3v) is 5.17. The van der Waals surface area contributed by atoms with E-state index in [2.05, 4.69) is 32.4 Å². The average molecular weight is 305 g/mol. The second-order valence-electron chi connectivity index (χ2n) is 6.57. The molecule has 1 aliphatic rings. The van der Waals surface area contributed by atoms with E-state index in [0.717, 1.165) is 36.6 Å². The largest absolute Gasteiger partial charge is 0.297 e. The highest BCUT2D eigenvalue weighted by Crippen LogP contribution is 2.37. The fraction of sp³-hybridized carbons (Fsp3) is 0.474. The molecule has 1 unspecified atom stereocenters. The Morgan fingerprint density at radius 1 is 1.32 bits per heavy atom. The number of likely N-dealkylation sites (tertiary alicyclic amines) is 1. The zero-order chi connectivity index (χ0) is 16.5. The Morgan fingerprint density at radius 3 is 2.55 bits per heavy atom. The molecule has 0 spiro atoms. The monoisotopic (exact) mass is 305 g/mol. The first-order valence-corrected chi connectivity index (χ1v) is 7.77. The molecule has 1 heterocycles. The lowest BCUT2D eigenvalue weighted by molar-refractivity contribution is 0.235. The summed E-state index contributed by atoms with van der Waals surface area (Å²) in [6.45, 7) is 11.4. The smallest absolute Gasteiger partial charge is 0.162 e. The first-order valence-electron chi connectivity index (χ1n) is 7.77. The molecule has 3 heteroatoms. The van der Waals surface area contributed by atoms with Crippen LogP contribution in [0.3, 0.4) is 0 Å². The highest BCUT2D eigenvalue weighted by molar-refractivity contribution is 5.41. The van der Waals surface area contributed by atoms with E-state index in [9.17, 15) is 8.78 Å². The Labute approximate surface area is 132 Å². The van der Waals surface area contributed by atoms with Gasteiger partial charge in [-0.3, -0.25) is 4.90 Å². The molecular formula is C19H25F2N. The first-order chi connectivity index (χ1) is 10.3. The molecule has 2 rings (SSSR count). The number of hydrogen-bond acceptors (Lipinski definition) is 1. The molecule has 1 aliphatic heterocycles. The van der Waals surface area contributed by atoms with E-state index in [1.165, 1.54) is 5.57 Å².